The van der Waals surface area contributed by atoms with E-state index < -0.39 is 0 Å². The molecule has 5 heteroatoms. The van der Waals surface area contributed by atoms with Crippen molar-refractivity contribution in [2.24, 2.45) is 0 Å². The van der Waals surface area contributed by atoms with Crippen molar-refractivity contribution in [3.05, 3.63) is 72.1 Å². The zero-order valence-corrected chi connectivity index (χ0v) is 12.3. The quantitative estimate of drug-likeness (QED) is 0.630. The first-order valence-corrected chi connectivity index (χ1v) is 7.29. The molecule has 0 atom stereocenters. The molecule has 2 aromatic carbocycles. The molecule has 5 nitrogen and oxygen atoms in total. The van der Waals surface area contributed by atoms with Crippen molar-refractivity contribution in [1.29, 1.82) is 5.26 Å². The lowest BCUT2D eigenvalue weighted by Crippen LogP contribution is -1.97. The molecule has 0 radical (unpaired) electrons. The molecule has 0 bridgehead atoms. The van der Waals surface area contributed by atoms with E-state index in [0.29, 0.717) is 11.4 Å². The number of hydrogen-bond donors (Lipinski definition) is 1. The maximum atomic E-state index is 9.07. The maximum Gasteiger partial charge on any atom is 0.190 e. The Labute approximate surface area is 132 Å². The number of nitriles is 1. The number of rotatable bonds is 3. The zero-order chi connectivity index (χ0) is 15.6. The Morgan fingerprint density at radius 3 is 2.74 bits per heavy atom. The Hall–Kier alpha value is -3.39. The van der Waals surface area contributed by atoms with E-state index in [1.165, 1.54) is 5.56 Å². The topological polar surface area (TPSA) is 70.3 Å². The first kappa shape index (κ1) is 13.3. The van der Waals surface area contributed by atoms with Gasteiger partial charge in [-0.1, -0.05) is 36.4 Å². The lowest BCUT2D eigenvalue weighted by Gasteiger charge is -2.06. The third-order valence-electron chi connectivity index (χ3n) is 3.89. The zero-order valence-electron chi connectivity index (χ0n) is 12.3. The fourth-order valence-electron chi connectivity index (χ4n) is 2.78. The molecule has 1 N–H and O–H groups in total. The van der Waals surface area contributed by atoms with Gasteiger partial charge in [0.25, 0.3) is 0 Å². The van der Waals surface area contributed by atoms with Crippen LogP contribution in [0.4, 0.5) is 0 Å². The van der Waals surface area contributed by atoms with E-state index in [1.807, 2.05) is 36.4 Å². The number of aromatic nitrogens is 4. The highest BCUT2D eigenvalue weighted by molar-refractivity contribution is 5.85. The van der Waals surface area contributed by atoms with Crippen LogP contribution >= 0.6 is 0 Å². The van der Waals surface area contributed by atoms with Crippen molar-refractivity contribution in [3.8, 4) is 17.3 Å². The standard InChI is InChI=1S/C18H13N5/c19-11-16-18(21-22-20-16)15-6-7-17-14(10-15)8-9-23(17)12-13-4-2-1-3-5-13/h1-10H,12H2,(H,20,21,22). The van der Waals surface area contributed by atoms with Gasteiger partial charge in [0.05, 0.1) is 0 Å². The number of hydrogen-bond acceptors (Lipinski definition) is 3. The predicted molar refractivity (Wildman–Crippen MR) is 87.6 cm³/mol. The first-order valence-electron chi connectivity index (χ1n) is 7.29. The molecule has 2 aromatic heterocycles. The summed E-state index contributed by atoms with van der Waals surface area (Å²) >= 11 is 0. The third-order valence-corrected chi connectivity index (χ3v) is 3.89. The van der Waals surface area contributed by atoms with Crippen LogP contribution in [0.25, 0.3) is 22.2 Å². The van der Waals surface area contributed by atoms with Crippen LogP contribution in [0, 0.1) is 11.3 Å². The molecule has 110 valence electrons. The van der Waals surface area contributed by atoms with Gasteiger partial charge >= 0.3 is 0 Å². The molecule has 0 aliphatic heterocycles. The van der Waals surface area contributed by atoms with Crippen molar-refractivity contribution >= 4 is 10.9 Å². The Morgan fingerprint density at radius 1 is 1.04 bits per heavy atom. The van der Waals surface area contributed by atoms with Crippen molar-refractivity contribution < 1.29 is 0 Å². The number of nitrogens with one attached hydrogen (secondary N) is 1. The first-order chi connectivity index (χ1) is 11.3. The van der Waals surface area contributed by atoms with Gasteiger partial charge in [-0.15, -0.1) is 5.10 Å². The Morgan fingerprint density at radius 2 is 1.91 bits per heavy atom. The predicted octanol–water partition coefficient (Wildman–Crippen LogP) is 3.35. The third kappa shape index (κ3) is 2.36. The largest absolute Gasteiger partial charge is 0.343 e. The Kier molecular flexibility index (Phi) is 3.13. The molecule has 0 fully saturated rings. The van der Waals surface area contributed by atoms with Crippen molar-refractivity contribution in [2.45, 2.75) is 6.54 Å². The minimum atomic E-state index is 0.313. The van der Waals surface area contributed by atoms with Crippen LogP contribution in [0.1, 0.15) is 11.3 Å². The molecule has 0 unspecified atom stereocenters. The Bertz CT molecular complexity index is 1000. The fraction of sp³-hybridized carbons (Fsp3) is 0.0556. The van der Waals surface area contributed by atoms with Crippen molar-refractivity contribution in [2.75, 3.05) is 0 Å². The molecule has 0 aliphatic rings. The van der Waals surface area contributed by atoms with Crippen LogP contribution in [0.5, 0.6) is 0 Å². The van der Waals surface area contributed by atoms with E-state index in [2.05, 4.69) is 50.4 Å². The van der Waals surface area contributed by atoms with Gasteiger partial charge in [0, 0.05) is 29.2 Å². The summed E-state index contributed by atoms with van der Waals surface area (Å²) in [4.78, 5) is 0. The number of aromatic amines is 1. The van der Waals surface area contributed by atoms with Gasteiger partial charge in [-0.2, -0.15) is 15.6 Å². The fourth-order valence-corrected chi connectivity index (χ4v) is 2.78. The summed E-state index contributed by atoms with van der Waals surface area (Å²) in [6.45, 7) is 0.830. The smallest absolute Gasteiger partial charge is 0.190 e. The summed E-state index contributed by atoms with van der Waals surface area (Å²) in [6, 6.07) is 20.6. The van der Waals surface area contributed by atoms with Crippen LogP contribution < -0.4 is 0 Å². The second-order valence-electron chi connectivity index (χ2n) is 5.34. The molecule has 0 saturated carbocycles. The van der Waals surface area contributed by atoms with Crippen LogP contribution in [-0.4, -0.2) is 20.0 Å². The average molecular weight is 299 g/mol. The SMILES string of the molecule is N#Cc1n[nH]nc1-c1ccc2c(ccn2Cc2ccccc2)c1. The average Bonchev–Trinajstić information content (AvgIpc) is 3.22. The monoisotopic (exact) mass is 299 g/mol. The minimum Gasteiger partial charge on any atom is -0.343 e. The van der Waals surface area contributed by atoms with Gasteiger partial charge in [-0.05, 0) is 23.8 Å². The molecule has 4 rings (SSSR count). The second-order valence-corrected chi connectivity index (χ2v) is 5.34. The highest BCUT2D eigenvalue weighted by Crippen LogP contribution is 2.25. The minimum absolute atomic E-state index is 0.313. The van der Waals surface area contributed by atoms with Crippen LogP contribution in [0.2, 0.25) is 0 Å². The van der Waals surface area contributed by atoms with Gasteiger partial charge in [0.1, 0.15) is 11.8 Å². The molecule has 0 spiro atoms. The summed E-state index contributed by atoms with van der Waals surface area (Å²) in [7, 11) is 0. The Balaban J connectivity index is 1.74. The number of H-pyrrole nitrogens is 1. The summed E-state index contributed by atoms with van der Waals surface area (Å²) in [5.74, 6) is 0. The summed E-state index contributed by atoms with van der Waals surface area (Å²) in [5, 5.41) is 20.6. The lowest BCUT2D eigenvalue weighted by molar-refractivity contribution is 0.837. The number of fused-ring (bicyclic) bond motifs is 1. The van der Waals surface area contributed by atoms with E-state index in [0.717, 1.165) is 23.0 Å². The van der Waals surface area contributed by atoms with E-state index in [9.17, 15) is 0 Å². The molecule has 0 aliphatic carbocycles. The molecule has 2 heterocycles. The van der Waals surface area contributed by atoms with Crippen molar-refractivity contribution in [1.82, 2.24) is 20.0 Å². The van der Waals surface area contributed by atoms with Gasteiger partial charge in [0.15, 0.2) is 5.69 Å². The normalized spacial score (nSPS) is 10.7. The molecule has 0 saturated heterocycles. The second kappa shape index (κ2) is 5.43. The summed E-state index contributed by atoms with van der Waals surface area (Å²) < 4.78 is 2.21. The van der Waals surface area contributed by atoms with Crippen LogP contribution in [-0.2, 0) is 6.54 Å². The van der Waals surface area contributed by atoms with Crippen LogP contribution in [0.3, 0.4) is 0 Å². The lowest BCUT2D eigenvalue weighted by atomic mass is 10.1. The van der Waals surface area contributed by atoms with E-state index >= 15 is 0 Å². The van der Waals surface area contributed by atoms with Gasteiger partial charge in [-0.3, -0.25) is 0 Å². The van der Waals surface area contributed by atoms with Gasteiger partial charge < -0.3 is 4.57 Å². The molecule has 23 heavy (non-hydrogen) atoms. The van der Waals surface area contributed by atoms with E-state index in [1.54, 1.807) is 0 Å². The highest BCUT2D eigenvalue weighted by atomic mass is 15.3. The van der Waals surface area contributed by atoms with Gasteiger partial charge in [-0.25, -0.2) is 0 Å². The maximum absolute atomic E-state index is 9.07. The highest BCUT2D eigenvalue weighted by Gasteiger charge is 2.11. The molecular weight excluding hydrogens is 286 g/mol. The van der Waals surface area contributed by atoms with E-state index in [-0.39, 0.29) is 0 Å². The number of benzene rings is 2. The van der Waals surface area contributed by atoms with Crippen molar-refractivity contribution in [3.63, 3.8) is 0 Å². The molecule has 0 amide bonds. The summed E-state index contributed by atoms with van der Waals surface area (Å²) in [6.07, 6.45) is 2.08. The van der Waals surface area contributed by atoms with Crippen LogP contribution in [0.15, 0.2) is 60.8 Å². The molecular formula is C18H13N5. The van der Waals surface area contributed by atoms with Gasteiger partial charge in [0.2, 0.25) is 0 Å². The number of nitrogens with zero attached hydrogens (tertiary/aromatic N) is 4. The molecule has 4 aromatic rings. The summed E-state index contributed by atoms with van der Waals surface area (Å²) in [5.41, 5.74) is 4.20. The van der Waals surface area contributed by atoms with E-state index in [4.69, 9.17) is 5.26 Å².